The lowest BCUT2D eigenvalue weighted by Gasteiger charge is -2.28. The van der Waals surface area contributed by atoms with Crippen molar-refractivity contribution in [3.63, 3.8) is 0 Å². The van der Waals surface area contributed by atoms with Crippen LogP contribution in [-0.2, 0) is 19.9 Å². The highest BCUT2D eigenvalue weighted by atomic mass is 19.1. The van der Waals surface area contributed by atoms with E-state index in [9.17, 15) is 9.18 Å². The Morgan fingerprint density at radius 1 is 1.09 bits per heavy atom. The van der Waals surface area contributed by atoms with Gasteiger partial charge in [0, 0.05) is 42.0 Å². The van der Waals surface area contributed by atoms with Gasteiger partial charge in [0.1, 0.15) is 29.5 Å². The second-order valence-corrected chi connectivity index (χ2v) is 8.66. The number of hydrogen-bond acceptors (Lipinski definition) is 5. The number of ether oxygens (including phenoxy) is 3. The lowest BCUT2D eigenvalue weighted by Crippen LogP contribution is -2.38. The Bertz CT molecular complexity index is 1100. The summed E-state index contributed by atoms with van der Waals surface area (Å²) in [7, 11) is 0. The quantitative estimate of drug-likeness (QED) is 0.659. The van der Waals surface area contributed by atoms with Crippen LogP contribution in [0, 0.1) is 5.82 Å². The standard InChI is InChI=1S/C26H29FN2O4/c1-3-26(4-2)21-16-18(32-14-11-29-9-12-31-13-10-29)6-7-19(21)24(33-26)23-20-15-17(27)5-8-22(20)28-25(23)30/h5-8,15-16H,3-4,9-14H2,1-2H3,(H,28,30)/b24-23+. The Morgan fingerprint density at radius 3 is 2.64 bits per heavy atom. The molecule has 0 aromatic heterocycles. The zero-order valence-corrected chi connectivity index (χ0v) is 19.1. The van der Waals surface area contributed by atoms with Gasteiger partial charge >= 0.3 is 0 Å². The predicted molar refractivity (Wildman–Crippen MR) is 124 cm³/mol. The number of morpholine rings is 1. The van der Waals surface area contributed by atoms with Crippen LogP contribution in [0.5, 0.6) is 5.75 Å². The highest BCUT2D eigenvalue weighted by Gasteiger charge is 2.44. The first-order valence-electron chi connectivity index (χ1n) is 11.7. The number of halogens is 1. The summed E-state index contributed by atoms with van der Waals surface area (Å²) in [6.07, 6.45) is 1.48. The maximum Gasteiger partial charge on any atom is 0.260 e. The average molecular weight is 453 g/mol. The molecule has 3 heterocycles. The summed E-state index contributed by atoms with van der Waals surface area (Å²) in [5.41, 5.74) is 2.84. The van der Waals surface area contributed by atoms with E-state index in [4.69, 9.17) is 14.2 Å². The third-order valence-corrected chi connectivity index (χ3v) is 6.90. The zero-order chi connectivity index (χ0) is 23.0. The molecule has 3 aliphatic heterocycles. The number of nitrogens with one attached hydrogen (secondary N) is 1. The molecule has 0 saturated carbocycles. The van der Waals surface area contributed by atoms with Crippen LogP contribution in [0.25, 0.3) is 11.3 Å². The Hall–Kier alpha value is -2.90. The highest BCUT2D eigenvalue weighted by molar-refractivity contribution is 6.36. The molecule has 174 valence electrons. The van der Waals surface area contributed by atoms with E-state index in [0.29, 0.717) is 29.2 Å². The zero-order valence-electron chi connectivity index (χ0n) is 19.1. The number of carbonyl (C=O) groups is 1. The van der Waals surface area contributed by atoms with Crippen LogP contribution < -0.4 is 10.1 Å². The molecule has 0 aliphatic carbocycles. The molecule has 1 N–H and O–H groups in total. The van der Waals surface area contributed by atoms with Crippen molar-refractivity contribution in [2.75, 3.05) is 44.8 Å². The molecule has 0 bridgehead atoms. The molecule has 1 saturated heterocycles. The number of fused-ring (bicyclic) bond motifs is 2. The van der Waals surface area contributed by atoms with Gasteiger partial charge in [-0.2, -0.15) is 0 Å². The molecular formula is C26H29FN2O4. The second kappa shape index (κ2) is 8.80. The van der Waals surface area contributed by atoms with Crippen LogP contribution in [-0.4, -0.2) is 50.3 Å². The van der Waals surface area contributed by atoms with Gasteiger partial charge in [-0.15, -0.1) is 0 Å². The summed E-state index contributed by atoms with van der Waals surface area (Å²) in [5.74, 6) is 0.633. The van der Waals surface area contributed by atoms with Gasteiger partial charge in [-0.25, -0.2) is 4.39 Å². The minimum absolute atomic E-state index is 0.273. The summed E-state index contributed by atoms with van der Waals surface area (Å²) in [5, 5.41) is 2.83. The normalized spacial score (nSPS) is 21.4. The van der Waals surface area contributed by atoms with E-state index < -0.39 is 5.60 Å². The molecule has 0 unspecified atom stereocenters. The van der Waals surface area contributed by atoms with E-state index in [-0.39, 0.29) is 11.7 Å². The molecule has 2 aromatic carbocycles. The smallest absolute Gasteiger partial charge is 0.260 e. The highest BCUT2D eigenvalue weighted by Crippen LogP contribution is 2.52. The van der Waals surface area contributed by atoms with Gasteiger partial charge in [0.25, 0.3) is 5.91 Å². The molecule has 1 amide bonds. The summed E-state index contributed by atoms with van der Waals surface area (Å²) in [4.78, 5) is 15.2. The van der Waals surface area contributed by atoms with Gasteiger partial charge in [-0.1, -0.05) is 13.8 Å². The maximum absolute atomic E-state index is 14.0. The van der Waals surface area contributed by atoms with Gasteiger partial charge in [0.2, 0.25) is 0 Å². The van der Waals surface area contributed by atoms with Crippen molar-refractivity contribution in [2.45, 2.75) is 32.3 Å². The molecular weight excluding hydrogens is 423 g/mol. The Kier molecular flexibility index (Phi) is 5.85. The fourth-order valence-electron chi connectivity index (χ4n) is 4.94. The monoisotopic (exact) mass is 452 g/mol. The van der Waals surface area contributed by atoms with Crippen molar-refractivity contribution in [1.82, 2.24) is 4.90 Å². The van der Waals surface area contributed by atoms with Crippen molar-refractivity contribution in [3.8, 4) is 5.75 Å². The van der Waals surface area contributed by atoms with Crippen molar-refractivity contribution in [1.29, 1.82) is 0 Å². The summed E-state index contributed by atoms with van der Waals surface area (Å²) in [6.45, 7) is 8.99. The predicted octanol–water partition coefficient (Wildman–Crippen LogP) is 4.40. The SMILES string of the molecule is CCC1(CC)O/C(=C2/C(=O)Nc3ccc(F)cc32)c2ccc(OCCN3CCOCC3)cc21. The average Bonchev–Trinajstić information content (AvgIpc) is 3.33. The van der Waals surface area contributed by atoms with Crippen LogP contribution in [0.4, 0.5) is 10.1 Å². The molecule has 0 spiro atoms. The van der Waals surface area contributed by atoms with Crippen LogP contribution in [0.15, 0.2) is 36.4 Å². The van der Waals surface area contributed by atoms with Gasteiger partial charge < -0.3 is 19.5 Å². The number of anilines is 1. The van der Waals surface area contributed by atoms with Gasteiger partial charge in [0.15, 0.2) is 0 Å². The summed E-state index contributed by atoms with van der Waals surface area (Å²) >= 11 is 0. The number of hydrogen-bond donors (Lipinski definition) is 1. The fourth-order valence-corrected chi connectivity index (χ4v) is 4.94. The Morgan fingerprint density at radius 2 is 1.88 bits per heavy atom. The maximum atomic E-state index is 14.0. The topological polar surface area (TPSA) is 60.0 Å². The molecule has 3 aliphatic rings. The van der Waals surface area contributed by atoms with Crippen molar-refractivity contribution >= 4 is 22.9 Å². The summed E-state index contributed by atoms with van der Waals surface area (Å²) < 4.78 is 32.0. The minimum atomic E-state index is -0.558. The molecule has 5 rings (SSSR count). The van der Waals surface area contributed by atoms with Gasteiger partial charge in [-0.3, -0.25) is 9.69 Å². The van der Waals surface area contributed by atoms with E-state index in [0.717, 1.165) is 62.6 Å². The van der Waals surface area contributed by atoms with Crippen molar-refractivity contribution in [3.05, 3.63) is 58.9 Å². The molecule has 7 heteroatoms. The van der Waals surface area contributed by atoms with Crippen LogP contribution in [0.2, 0.25) is 0 Å². The number of benzene rings is 2. The minimum Gasteiger partial charge on any atom is -0.492 e. The van der Waals surface area contributed by atoms with Gasteiger partial charge in [0.05, 0.1) is 18.8 Å². The first-order valence-corrected chi connectivity index (χ1v) is 11.7. The lowest BCUT2D eigenvalue weighted by atomic mass is 9.87. The number of amides is 1. The van der Waals surface area contributed by atoms with E-state index in [1.54, 1.807) is 6.07 Å². The molecule has 33 heavy (non-hydrogen) atoms. The van der Waals surface area contributed by atoms with Gasteiger partial charge in [-0.05, 0) is 49.2 Å². The largest absolute Gasteiger partial charge is 0.492 e. The number of rotatable bonds is 6. The first-order chi connectivity index (χ1) is 16.0. The molecule has 0 atom stereocenters. The van der Waals surface area contributed by atoms with E-state index >= 15 is 0 Å². The Balaban J connectivity index is 1.48. The second-order valence-electron chi connectivity index (χ2n) is 8.66. The van der Waals surface area contributed by atoms with Crippen LogP contribution in [0.3, 0.4) is 0 Å². The van der Waals surface area contributed by atoms with E-state index in [1.165, 1.54) is 12.1 Å². The molecule has 1 fully saturated rings. The fraction of sp³-hybridized carbons (Fsp3) is 0.423. The lowest BCUT2D eigenvalue weighted by molar-refractivity contribution is -0.110. The molecule has 2 aromatic rings. The Labute approximate surface area is 193 Å². The molecule has 6 nitrogen and oxygen atoms in total. The van der Waals surface area contributed by atoms with Crippen LogP contribution >= 0.6 is 0 Å². The molecule has 0 radical (unpaired) electrons. The first kappa shape index (κ1) is 21.9. The summed E-state index contributed by atoms with van der Waals surface area (Å²) in [6, 6.07) is 10.2. The van der Waals surface area contributed by atoms with E-state index in [2.05, 4.69) is 24.1 Å². The van der Waals surface area contributed by atoms with Crippen molar-refractivity contribution in [2.24, 2.45) is 0 Å². The van der Waals surface area contributed by atoms with Crippen molar-refractivity contribution < 1.29 is 23.4 Å². The van der Waals surface area contributed by atoms with Crippen LogP contribution in [0.1, 0.15) is 43.4 Å². The number of carbonyl (C=O) groups excluding carboxylic acids is 1. The third kappa shape index (κ3) is 3.89. The van der Waals surface area contributed by atoms with E-state index in [1.807, 2.05) is 18.2 Å². The number of nitrogens with zero attached hydrogens (tertiary/aromatic N) is 1. The third-order valence-electron chi connectivity index (χ3n) is 6.90.